The molecule has 0 unspecified atom stereocenters. The number of carbonyl (C=O) groups excluding carboxylic acids is 2. The lowest BCUT2D eigenvalue weighted by Gasteiger charge is -2.03. The van der Waals surface area contributed by atoms with Crippen molar-refractivity contribution in [3.63, 3.8) is 0 Å². The van der Waals surface area contributed by atoms with E-state index in [1.54, 1.807) is 6.92 Å². The van der Waals surface area contributed by atoms with Gasteiger partial charge >= 0.3 is 5.97 Å². The molecule has 0 aliphatic rings. The van der Waals surface area contributed by atoms with Crippen molar-refractivity contribution < 1.29 is 14.3 Å². The molecular formula is C8H13NO3. The third-order valence-electron chi connectivity index (χ3n) is 1.09. The first-order chi connectivity index (χ1) is 5.68. The average molecular weight is 171 g/mol. The number of rotatable bonds is 6. The lowest BCUT2D eigenvalue weighted by Crippen LogP contribution is -2.23. The Kier molecular flexibility index (Phi) is 5.91. The van der Waals surface area contributed by atoms with Gasteiger partial charge in [0, 0.05) is 12.1 Å². The van der Waals surface area contributed by atoms with Crippen LogP contribution in [-0.4, -0.2) is 32.0 Å². The Hall–Kier alpha value is -1.16. The molecule has 0 aliphatic heterocycles. The van der Waals surface area contributed by atoms with Gasteiger partial charge in [0.1, 0.15) is 12.9 Å². The Bertz CT molecular complexity index is 177. The van der Waals surface area contributed by atoms with Gasteiger partial charge in [-0.25, -0.2) is 4.79 Å². The highest BCUT2D eigenvalue weighted by atomic mass is 16.5. The first kappa shape index (κ1) is 10.8. The third kappa shape index (κ3) is 5.61. The molecule has 0 rings (SSSR count). The van der Waals surface area contributed by atoms with Gasteiger partial charge in [0.2, 0.25) is 0 Å². The van der Waals surface area contributed by atoms with E-state index in [0.717, 1.165) is 6.29 Å². The van der Waals surface area contributed by atoms with Crippen LogP contribution in [-0.2, 0) is 14.3 Å². The number of hydrogen-bond donors (Lipinski definition) is 1. The maximum atomic E-state index is 10.8. The second-order valence-electron chi connectivity index (χ2n) is 2.29. The van der Waals surface area contributed by atoms with Gasteiger partial charge in [-0.15, -0.1) is 0 Å². The molecule has 0 spiro atoms. The molecule has 0 saturated heterocycles. The summed E-state index contributed by atoms with van der Waals surface area (Å²) in [5.41, 5.74) is 0.380. The first-order valence-electron chi connectivity index (χ1n) is 3.65. The molecule has 0 heterocycles. The predicted octanol–water partition coefficient (Wildman–Crippen LogP) is -0.106. The summed E-state index contributed by atoms with van der Waals surface area (Å²) in [6.45, 7) is 6.03. The number of hydrogen-bond acceptors (Lipinski definition) is 4. The highest BCUT2D eigenvalue weighted by Crippen LogP contribution is 1.90. The second kappa shape index (κ2) is 6.54. The largest absolute Gasteiger partial charge is 0.461 e. The molecule has 0 fully saturated rings. The quantitative estimate of drug-likeness (QED) is 0.262. The third-order valence-corrected chi connectivity index (χ3v) is 1.09. The normalized spacial score (nSPS) is 9.08. The van der Waals surface area contributed by atoms with Crippen molar-refractivity contribution in [1.82, 2.24) is 5.32 Å². The lowest BCUT2D eigenvalue weighted by molar-refractivity contribution is -0.138. The lowest BCUT2D eigenvalue weighted by atomic mass is 10.4. The molecule has 1 N–H and O–H groups in total. The fourth-order valence-corrected chi connectivity index (χ4v) is 0.500. The molecule has 0 bridgehead atoms. The zero-order valence-corrected chi connectivity index (χ0v) is 7.13. The van der Waals surface area contributed by atoms with Crippen LogP contribution in [0.15, 0.2) is 12.2 Å². The fraction of sp³-hybridized carbons (Fsp3) is 0.500. The predicted molar refractivity (Wildman–Crippen MR) is 44.7 cm³/mol. The highest BCUT2D eigenvalue weighted by molar-refractivity contribution is 5.86. The van der Waals surface area contributed by atoms with E-state index in [-0.39, 0.29) is 13.2 Å². The van der Waals surface area contributed by atoms with Crippen LogP contribution in [0.5, 0.6) is 0 Å². The van der Waals surface area contributed by atoms with E-state index >= 15 is 0 Å². The molecule has 0 aromatic rings. The summed E-state index contributed by atoms with van der Waals surface area (Å²) in [6, 6.07) is 0. The summed E-state index contributed by atoms with van der Waals surface area (Å²) in [7, 11) is 0. The molecule has 68 valence electrons. The smallest absolute Gasteiger partial charge is 0.333 e. The molecule has 0 amide bonds. The van der Waals surface area contributed by atoms with Gasteiger partial charge in [0.25, 0.3) is 0 Å². The summed E-state index contributed by atoms with van der Waals surface area (Å²) in [4.78, 5) is 20.6. The monoisotopic (exact) mass is 171 g/mol. The summed E-state index contributed by atoms with van der Waals surface area (Å²) in [5, 5.41) is 2.75. The molecule has 12 heavy (non-hydrogen) atoms. The van der Waals surface area contributed by atoms with Crippen molar-refractivity contribution in [2.45, 2.75) is 6.92 Å². The summed E-state index contributed by atoms with van der Waals surface area (Å²) in [6.07, 6.45) is 0.751. The van der Waals surface area contributed by atoms with E-state index in [1.807, 2.05) is 0 Å². The Morgan fingerprint density at radius 1 is 1.67 bits per heavy atom. The van der Waals surface area contributed by atoms with Gasteiger partial charge in [0.05, 0.1) is 6.54 Å². The van der Waals surface area contributed by atoms with E-state index in [9.17, 15) is 9.59 Å². The summed E-state index contributed by atoms with van der Waals surface area (Å²) >= 11 is 0. The number of nitrogens with one attached hydrogen (secondary N) is 1. The zero-order chi connectivity index (χ0) is 9.40. The standard InChI is InChI=1S/C8H13NO3/c1-7(2)8(11)12-6-4-9-3-5-10/h5,9H,1,3-4,6H2,2H3. The summed E-state index contributed by atoms with van der Waals surface area (Å²) in [5.74, 6) is -0.400. The van der Waals surface area contributed by atoms with Gasteiger partial charge in [-0.05, 0) is 6.92 Å². The minimum absolute atomic E-state index is 0.263. The van der Waals surface area contributed by atoms with E-state index < -0.39 is 5.97 Å². The molecule has 0 aliphatic carbocycles. The fourth-order valence-electron chi connectivity index (χ4n) is 0.500. The minimum Gasteiger partial charge on any atom is -0.461 e. The summed E-state index contributed by atoms with van der Waals surface area (Å²) < 4.78 is 4.73. The van der Waals surface area contributed by atoms with Crippen molar-refractivity contribution in [1.29, 1.82) is 0 Å². The highest BCUT2D eigenvalue weighted by Gasteiger charge is 2.00. The first-order valence-corrected chi connectivity index (χ1v) is 3.65. The van der Waals surface area contributed by atoms with E-state index in [4.69, 9.17) is 4.74 Å². The van der Waals surface area contributed by atoms with Crippen LogP contribution in [0.3, 0.4) is 0 Å². The number of ether oxygens (including phenoxy) is 1. The van der Waals surface area contributed by atoms with Crippen molar-refractivity contribution in [3.05, 3.63) is 12.2 Å². The Labute approximate surface area is 71.6 Å². The van der Waals surface area contributed by atoms with Crippen LogP contribution in [0.2, 0.25) is 0 Å². The van der Waals surface area contributed by atoms with Crippen LogP contribution in [0.4, 0.5) is 0 Å². The van der Waals surface area contributed by atoms with Crippen molar-refractivity contribution in [2.75, 3.05) is 19.7 Å². The molecule has 0 radical (unpaired) electrons. The molecule has 0 aromatic heterocycles. The van der Waals surface area contributed by atoms with Gasteiger partial charge < -0.3 is 14.8 Å². The average Bonchev–Trinajstić information content (AvgIpc) is 2.03. The molecule has 0 aromatic carbocycles. The van der Waals surface area contributed by atoms with Crippen molar-refractivity contribution in [3.8, 4) is 0 Å². The van der Waals surface area contributed by atoms with E-state index in [1.165, 1.54) is 0 Å². The van der Waals surface area contributed by atoms with Crippen LogP contribution < -0.4 is 5.32 Å². The van der Waals surface area contributed by atoms with Gasteiger partial charge in [-0.3, -0.25) is 0 Å². The maximum absolute atomic E-state index is 10.8. The van der Waals surface area contributed by atoms with E-state index in [2.05, 4.69) is 11.9 Å². The molecule has 0 saturated carbocycles. The Balaban J connectivity index is 3.25. The molecular weight excluding hydrogens is 158 g/mol. The van der Waals surface area contributed by atoms with Crippen LogP contribution in [0.25, 0.3) is 0 Å². The molecule has 4 nitrogen and oxygen atoms in total. The number of carbonyl (C=O) groups is 2. The SMILES string of the molecule is C=C(C)C(=O)OCCNCC=O. The van der Waals surface area contributed by atoms with Gasteiger partial charge in [0.15, 0.2) is 0 Å². The van der Waals surface area contributed by atoms with Gasteiger partial charge in [-0.2, -0.15) is 0 Å². The van der Waals surface area contributed by atoms with Crippen LogP contribution >= 0.6 is 0 Å². The Morgan fingerprint density at radius 3 is 2.83 bits per heavy atom. The van der Waals surface area contributed by atoms with E-state index in [0.29, 0.717) is 12.1 Å². The number of aldehydes is 1. The van der Waals surface area contributed by atoms with Gasteiger partial charge in [-0.1, -0.05) is 6.58 Å². The van der Waals surface area contributed by atoms with Crippen molar-refractivity contribution >= 4 is 12.3 Å². The molecule has 4 heteroatoms. The van der Waals surface area contributed by atoms with Crippen molar-refractivity contribution in [2.24, 2.45) is 0 Å². The van der Waals surface area contributed by atoms with Crippen LogP contribution in [0.1, 0.15) is 6.92 Å². The maximum Gasteiger partial charge on any atom is 0.333 e. The molecule has 0 atom stereocenters. The second-order valence-corrected chi connectivity index (χ2v) is 2.29. The number of esters is 1. The minimum atomic E-state index is -0.400. The topological polar surface area (TPSA) is 55.4 Å². The zero-order valence-electron chi connectivity index (χ0n) is 7.13. The van der Waals surface area contributed by atoms with Crippen LogP contribution in [0, 0.1) is 0 Å². The Morgan fingerprint density at radius 2 is 2.33 bits per heavy atom.